The molecule has 2 heterocycles. The Labute approximate surface area is 79.5 Å². The normalized spacial score (nSPS) is 11.1. The molecule has 1 aromatic rings. The highest BCUT2D eigenvalue weighted by atomic mass is 15.5. The second-order valence-corrected chi connectivity index (χ2v) is 3.06. The number of nitrogen functional groups attached to an aromatic ring is 1. The van der Waals surface area contributed by atoms with Crippen LogP contribution in [0.4, 0.5) is 0 Å². The molecule has 0 unspecified atom stereocenters. The number of hydrogen-bond donors (Lipinski definition) is 1. The SMILES string of the molecule is Nn1cc2nc3ccccc3c-2nn1. The highest BCUT2D eigenvalue weighted by molar-refractivity contribution is 5.94. The number of fused-ring (bicyclic) bond motifs is 3. The van der Waals surface area contributed by atoms with Gasteiger partial charge in [0, 0.05) is 5.39 Å². The van der Waals surface area contributed by atoms with Crippen LogP contribution in [-0.2, 0) is 0 Å². The molecule has 2 N–H and O–H groups in total. The van der Waals surface area contributed by atoms with E-state index in [1.807, 2.05) is 24.3 Å². The van der Waals surface area contributed by atoms with Gasteiger partial charge in [-0.05, 0) is 11.3 Å². The van der Waals surface area contributed by atoms with Gasteiger partial charge in [-0.25, -0.2) is 4.98 Å². The molecule has 0 saturated carbocycles. The zero-order valence-corrected chi connectivity index (χ0v) is 7.25. The number of rotatable bonds is 0. The van der Waals surface area contributed by atoms with Crippen LogP contribution in [-0.4, -0.2) is 20.1 Å². The third-order valence-corrected chi connectivity index (χ3v) is 2.15. The lowest BCUT2D eigenvalue weighted by molar-refractivity contribution is 0.711. The molecule has 1 aromatic carbocycles. The summed E-state index contributed by atoms with van der Waals surface area (Å²) in [6.45, 7) is 0. The average Bonchev–Trinajstić information content (AvgIpc) is 2.54. The Morgan fingerprint density at radius 3 is 3.00 bits per heavy atom. The summed E-state index contributed by atoms with van der Waals surface area (Å²) in [4.78, 5) is 5.53. The van der Waals surface area contributed by atoms with Crippen LogP contribution in [0.25, 0.3) is 22.3 Å². The summed E-state index contributed by atoms with van der Waals surface area (Å²) < 4.78 is 0. The molecule has 2 aliphatic heterocycles. The van der Waals surface area contributed by atoms with Crippen molar-refractivity contribution in [2.75, 3.05) is 5.84 Å². The zero-order valence-electron chi connectivity index (χ0n) is 7.25. The molecular formula is C9H7N5. The first-order chi connectivity index (χ1) is 6.84. The van der Waals surface area contributed by atoms with Gasteiger partial charge in [0.15, 0.2) is 0 Å². The van der Waals surface area contributed by atoms with E-state index in [-0.39, 0.29) is 0 Å². The van der Waals surface area contributed by atoms with E-state index >= 15 is 0 Å². The van der Waals surface area contributed by atoms with Crippen LogP contribution in [0.2, 0.25) is 0 Å². The molecule has 5 nitrogen and oxygen atoms in total. The summed E-state index contributed by atoms with van der Waals surface area (Å²) in [6.07, 6.45) is 1.66. The maximum atomic E-state index is 5.45. The van der Waals surface area contributed by atoms with Gasteiger partial charge in [-0.15, -0.1) is 5.10 Å². The molecule has 0 aliphatic carbocycles. The van der Waals surface area contributed by atoms with Gasteiger partial charge in [-0.2, -0.15) is 4.79 Å². The Balaban J connectivity index is 2.50. The molecule has 0 saturated heterocycles. The van der Waals surface area contributed by atoms with Crippen molar-refractivity contribution in [2.24, 2.45) is 0 Å². The number of nitrogens with two attached hydrogens (primary N) is 1. The van der Waals surface area contributed by atoms with E-state index in [1.54, 1.807) is 6.20 Å². The highest BCUT2D eigenvalue weighted by Crippen LogP contribution is 2.26. The Hall–Kier alpha value is -2.17. The van der Waals surface area contributed by atoms with Gasteiger partial charge in [0.05, 0.1) is 11.7 Å². The quantitative estimate of drug-likeness (QED) is 0.522. The smallest absolute Gasteiger partial charge is 0.124 e. The Morgan fingerprint density at radius 1 is 1.21 bits per heavy atom. The zero-order chi connectivity index (χ0) is 9.54. The predicted octanol–water partition coefficient (Wildman–Crippen LogP) is 0.645. The van der Waals surface area contributed by atoms with E-state index < -0.39 is 0 Å². The van der Waals surface area contributed by atoms with Crippen molar-refractivity contribution in [3.63, 3.8) is 0 Å². The number of nitrogens with zero attached hydrogens (tertiary/aromatic N) is 4. The van der Waals surface area contributed by atoms with Crippen molar-refractivity contribution in [3.8, 4) is 11.4 Å². The van der Waals surface area contributed by atoms with Gasteiger partial charge in [0.1, 0.15) is 11.4 Å². The van der Waals surface area contributed by atoms with Gasteiger partial charge in [-0.3, -0.25) is 0 Å². The van der Waals surface area contributed by atoms with Gasteiger partial charge in [0.25, 0.3) is 0 Å². The summed E-state index contributed by atoms with van der Waals surface area (Å²) in [5.41, 5.74) is 2.48. The lowest BCUT2D eigenvalue weighted by atomic mass is 10.2. The highest BCUT2D eigenvalue weighted by Gasteiger charge is 2.13. The monoisotopic (exact) mass is 185 g/mol. The third-order valence-electron chi connectivity index (χ3n) is 2.15. The summed E-state index contributed by atoms with van der Waals surface area (Å²) in [6, 6.07) is 7.81. The summed E-state index contributed by atoms with van der Waals surface area (Å²) in [7, 11) is 0. The predicted molar refractivity (Wildman–Crippen MR) is 52.1 cm³/mol. The lowest BCUT2D eigenvalue weighted by Gasteiger charge is -1.97. The molecular weight excluding hydrogens is 178 g/mol. The topological polar surface area (TPSA) is 69.6 Å². The molecule has 5 heteroatoms. The second kappa shape index (κ2) is 2.41. The molecule has 68 valence electrons. The molecule has 0 atom stereocenters. The van der Waals surface area contributed by atoms with Crippen molar-refractivity contribution >= 4 is 10.9 Å². The van der Waals surface area contributed by atoms with Gasteiger partial charge in [-0.1, -0.05) is 18.2 Å². The number of aromatic nitrogens is 4. The van der Waals surface area contributed by atoms with Crippen LogP contribution >= 0.6 is 0 Å². The van der Waals surface area contributed by atoms with E-state index in [2.05, 4.69) is 15.3 Å². The molecule has 0 spiro atoms. The minimum absolute atomic E-state index is 0.767. The van der Waals surface area contributed by atoms with E-state index in [9.17, 15) is 0 Å². The summed E-state index contributed by atoms with van der Waals surface area (Å²) >= 11 is 0. The van der Waals surface area contributed by atoms with E-state index in [1.165, 1.54) is 0 Å². The fraction of sp³-hybridized carbons (Fsp3) is 0. The van der Waals surface area contributed by atoms with Crippen molar-refractivity contribution < 1.29 is 0 Å². The standard InChI is InChI=1S/C9H7N5/c10-14-5-8-9(12-13-14)6-3-1-2-4-7(6)11-8/h1-5H,10H2. The maximum absolute atomic E-state index is 5.45. The first kappa shape index (κ1) is 7.25. The van der Waals surface area contributed by atoms with E-state index in [4.69, 9.17) is 5.84 Å². The van der Waals surface area contributed by atoms with E-state index in [0.717, 1.165) is 27.1 Å². The molecule has 14 heavy (non-hydrogen) atoms. The summed E-state index contributed by atoms with van der Waals surface area (Å²) in [5.74, 6) is 5.45. The fourth-order valence-corrected chi connectivity index (χ4v) is 1.53. The van der Waals surface area contributed by atoms with Crippen molar-refractivity contribution in [1.29, 1.82) is 0 Å². The van der Waals surface area contributed by atoms with Crippen molar-refractivity contribution in [3.05, 3.63) is 30.5 Å². The molecule has 0 fully saturated rings. The van der Waals surface area contributed by atoms with Crippen LogP contribution < -0.4 is 5.84 Å². The Kier molecular flexibility index (Phi) is 1.25. The molecule has 0 aromatic heterocycles. The van der Waals surface area contributed by atoms with Crippen LogP contribution in [0, 0.1) is 0 Å². The van der Waals surface area contributed by atoms with Crippen molar-refractivity contribution in [2.45, 2.75) is 0 Å². The third kappa shape index (κ3) is 0.861. The lowest BCUT2D eigenvalue weighted by Crippen LogP contribution is -2.14. The van der Waals surface area contributed by atoms with Gasteiger partial charge < -0.3 is 5.84 Å². The van der Waals surface area contributed by atoms with E-state index in [0.29, 0.717) is 0 Å². The minimum Gasteiger partial charge on any atom is -0.322 e. The van der Waals surface area contributed by atoms with Gasteiger partial charge in [0.2, 0.25) is 0 Å². The first-order valence-corrected chi connectivity index (χ1v) is 4.20. The second-order valence-electron chi connectivity index (χ2n) is 3.06. The van der Waals surface area contributed by atoms with Crippen LogP contribution in [0.3, 0.4) is 0 Å². The molecule has 0 bridgehead atoms. The Morgan fingerprint density at radius 2 is 2.07 bits per heavy atom. The first-order valence-electron chi connectivity index (χ1n) is 4.20. The number of benzene rings is 1. The molecule has 3 rings (SSSR count). The molecule has 0 amide bonds. The number of hydrogen-bond acceptors (Lipinski definition) is 4. The summed E-state index contributed by atoms with van der Waals surface area (Å²) in [5, 5.41) is 8.74. The Bertz CT molecular complexity index is 571. The van der Waals surface area contributed by atoms with Crippen LogP contribution in [0.15, 0.2) is 30.5 Å². The van der Waals surface area contributed by atoms with Gasteiger partial charge >= 0.3 is 0 Å². The van der Waals surface area contributed by atoms with Crippen molar-refractivity contribution in [1.82, 2.24) is 20.1 Å². The largest absolute Gasteiger partial charge is 0.322 e. The number of para-hydroxylation sites is 1. The maximum Gasteiger partial charge on any atom is 0.124 e. The van der Waals surface area contributed by atoms with Crippen LogP contribution in [0.5, 0.6) is 0 Å². The molecule has 2 aliphatic rings. The molecule has 0 radical (unpaired) electrons. The van der Waals surface area contributed by atoms with Crippen LogP contribution in [0.1, 0.15) is 0 Å². The average molecular weight is 185 g/mol. The minimum atomic E-state index is 0.767. The fourth-order valence-electron chi connectivity index (χ4n) is 1.53.